The summed E-state index contributed by atoms with van der Waals surface area (Å²) in [5, 5.41) is 2.84. The van der Waals surface area contributed by atoms with Gasteiger partial charge in [-0.2, -0.15) is 0 Å². The van der Waals surface area contributed by atoms with Crippen LogP contribution in [0.4, 0.5) is 16.2 Å². The standard InChI is InChI=1S/C13H21N3O/c1-4-12(5-2)16(3)13(17)15-11-8-6-7-10(14)9-11/h6-9,12H,4-5,14H2,1-3H3,(H,15,17). The van der Waals surface area contributed by atoms with Crippen molar-refractivity contribution in [1.29, 1.82) is 0 Å². The summed E-state index contributed by atoms with van der Waals surface area (Å²) in [6.07, 6.45) is 1.91. The van der Waals surface area contributed by atoms with Gasteiger partial charge in [0.25, 0.3) is 0 Å². The molecule has 17 heavy (non-hydrogen) atoms. The molecule has 2 amide bonds. The van der Waals surface area contributed by atoms with Crippen LogP contribution in [-0.4, -0.2) is 24.0 Å². The smallest absolute Gasteiger partial charge is 0.321 e. The largest absolute Gasteiger partial charge is 0.399 e. The van der Waals surface area contributed by atoms with Gasteiger partial charge in [0.2, 0.25) is 0 Å². The lowest BCUT2D eigenvalue weighted by atomic mass is 10.1. The van der Waals surface area contributed by atoms with Gasteiger partial charge in [-0.05, 0) is 31.0 Å². The van der Waals surface area contributed by atoms with Crippen LogP contribution in [0.3, 0.4) is 0 Å². The van der Waals surface area contributed by atoms with Gasteiger partial charge in [0.05, 0.1) is 0 Å². The number of amides is 2. The molecule has 0 fully saturated rings. The molecule has 0 radical (unpaired) electrons. The van der Waals surface area contributed by atoms with Crippen molar-refractivity contribution in [3.63, 3.8) is 0 Å². The van der Waals surface area contributed by atoms with E-state index in [9.17, 15) is 4.79 Å². The zero-order chi connectivity index (χ0) is 12.8. The van der Waals surface area contributed by atoms with Crippen LogP contribution in [0, 0.1) is 0 Å². The second kappa shape index (κ2) is 6.13. The molecule has 4 heteroatoms. The number of anilines is 2. The zero-order valence-electron chi connectivity index (χ0n) is 10.7. The topological polar surface area (TPSA) is 58.4 Å². The van der Waals surface area contributed by atoms with E-state index in [1.165, 1.54) is 0 Å². The van der Waals surface area contributed by atoms with E-state index >= 15 is 0 Å². The molecule has 1 aromatic carbocycles. The fourth-order valence-electron chi connectivity index (χ4n) is 1.83. The Kier molecular flexibility index (Phi) is 4.82. The maximum atomic E-state index is 12.0. The monoisotopic (exact) mass is 235 g/mol. The Labute approximate surface area is 103 Å². The highest BCUT2D eigenvalue weighted by Crippen LogP contribution is 2.14. The van der Waals surface area contributed by atoms with Gasteiger partial charge in [-0.25, -0.2) is 4.79 Å². The van der Waals surface area contributed by atoms with Crippen molar-refractivity contribution in [3.05, 3.63) is 24.3 Å². The number of carbonyl (C=O) groups is 1. The lowest BCUT2D eigenvalue weighted by Gasteiger charge is -2.26. The number of hydrogen-bond donors (Lipinski definition) is 2. The van der Waals surface area contributed by atoms with Crippen molar-refractivity contribution in [1.82, 2.24) is 4.90 Å². The Morgan fingerprint density at radius 3 is 2.59 bits per heavy atom. The molecule has 0 atom stereocenters. The molecule has 0 unspecified atom stereocenters. The minimum atomic E-state index is -0.0932. The highest BCUT2D eigenvalue weighted by Gasteiger charge is 2.16. The Morgan fingerprint density at radius 2 is 2.06 bits per heavy atom. The molecule has 0 saturated heterocycles. The molecule has 0 aromatic heterocycles. The Morgan fingerprint density at radius 1 is 1.41 bits per heavy atom. The van der Waals surface area contributed by atoms with Crippen LogP contribution in [0.2, 0.25) is 0 Å². The highest BCUT2D eigenvalue weighted by molar-refractivity contribution is 5.89. The van der Waals surface area contributed by atoms with Gasteiger partial charge in [0.1, 0.15) is 0 Å². The number of nitrogen functional groups attached to an aromatic ring is 1. The SMILES string of the molecule is CCC(CC)N(C)C(=O)Nc1cccc(N)c1. The summed E-state index contributed by atoms with van der Waals surface area (Å²) >= 11 is 0. The lowest BCUT2D eigenvalue weighted by Crippen LogP contribution is -2.39. The van der Waals surface area contributed by atoms with Gasteiger partial charge in [0, 0.05) is 24.5 Å². The summed E-state index contributed by atoms with van der Waals surface area (Å²) in [7, 11) is 1.82. The average molecular weight is 235 g/mol. The zero-order valence-corrected chi connectivity index (χ0v) is 10.7. The van der Waals surface area contributed by atoms with Crippen LogP contribution >= 0.6 is 0 Å². The van der Waals surface area contributed by atoms with Gasteiger partial charge in [-0.3, -0.25) is 0 Å². The third-order valence-electron chi connectivity index (χ3n) is 2.95. The lowest BCUT2D eigenvalue weighted by molar-refractivity contribution is 0.200. The number of nitrogens with two attached hydrogens (primary N) is 1. The van der Waals surface area contributed by atoms with E-state index in [1.807, 2.05) is 19.2 Å². The Bertz CT molecular complexity index is 375. The van der Waals surface area contributed by atoms with E-state index in [1.54, 1.807) is 17.0 Å². The van der Waals surface area contributed by atoms with Crippen molar-refractivity contribution in [3.8, 4) is 0 Å². The molecule has 0 bridgehead atoms. The van der Waals surface area contributed by atoms with Crippen LogP contribution in [0.25, 0.3) is 0 Å². The predicted molar refractivity (Wildman–Crippen MR) is 72.0 cm³/mol. The Balaban J connectivity index is 2.65. The molecule has 0 aliphatic rings. The fourth-order valence-corrected chi connectivity index (χ4v) is 1.83. The van der Waals surface area contributed by atoms with Crippen molar-refractivity contribution in [2.45, 2.75) is 32.7 Å². The Hall–Kier alpha value is -1.71. The molecule has 0 heterocycles. The summed E-state index contributed by atoms with van der Waals surface area (Å²) in [5.41, 5.74) is 7.03. The highest BCUT2D eigenvalue weighted by atomic mass is 16.2. The van der Waals surface area contributed by atoms with Crippen molar-refractivity contribution in [2.24, 2.45) is 0 Å². The molecule has 94 valence electrons. The first-order chi connectivity index (χ1) is 8.08. The summed E-state index contributed by atoms with van der Waals surface area (Å²) in [5.74, 6) is 0. The van der Waals surface area contributed by atoms with E-state index in [-0.39, 0.29) is 12.1 Å². The quantitative estimate of drug-likeness (QED) is 0.788. The maximum Gasteiger partial charge on any atom is 0.321 e. The van der Waals surface area contributed by atoms with E-state index < -0.39 is 0 Å². The molecule has 1 rings (SSSR count). The van der Waals surface area contributed by atoms with Crippen molar-refractivity contribution < 1.29 is 4.79 Å². The molecular formula is C13H21N3O. The second-order valence-corrected chi connectivity index (χ2v) is 4.14. The van der Waals surface area contributed by atoms with Gasteiger partial charge >= 0.3 is 6.03 Å². The molecule has 0 aliphatic carbocycles. The summed E-state index contributed by atoms with van der Waals surface area (Å²) in [4.78, 5) is 13.7. The first-order valence-electron chi connectivity index (χ1n) is 5.97. The first kappa shape index (κ1) is 13.4. The number of urea groups is 1. The van der Waals surface area contributed by atoms with Gasteiger partial charge in [0.15, 0.2) is 0 Å². The minimum absolute atomic E-state index is 0.0932. The maximum absolute atomic E-state index is 12.0. The van der Waals surface area contributed by atoms with Gasteiger partial charge in [-0.15, -0.1) is 0 Å². The third-order valence-corrected chi connectivity index (χ3v) is 2.95. The molecular weight excluding hydrogens is 214 g/mol. The molecule has 3 N–H and O–H groups in total. The number of hydrogen-bond acceptors (Lipinski definition) is 2. The van der Waals surface area contributed by atoms with Gasteiger partial charge < -0.3 is 16.0 Å². The van der Waals surface area contributed by atoms with Crippen LogP contribution in [0.15, 0.2) is 24.3 Å². The molecule has 0 saturated carbocycles. The van der Waals surface area contributed by atoms with Gasteiger partial charge in [-0.1, -0.05) is 19.9 Å². The average Bonchev–Trinajstić information content (AvgIpc) is 2.30. The number of rotatable bonds is 4. The summed E-state index contributed by atoms with van der Waals surface area (Å²) < 4.78 is 0. The van der Waals surface area contributed by atoms with Crippen LogP contribution in [0.1, 0.15) is 26.7 Å². The van der Waals surface area contributed by atoms with Crippen molar-refractivity contribution >= 4 is 17.4 Å². The van der Waals surface area contributed by atoms with E-state index in [0.29, 0.717) is 5.69 Å². The third kappa shape index (κ3) is 3.66. The number of nitrogens with zero attached hydrogens (tertiary/aromatic N) is 1. The van der Waals surface area contributed by atoms with Crippen molar-refractivity contribution in [2.75, 3.05) is 18.1 Å². The number of benzene rings is 1. The van der Waals surface area contributed by atoms with E-state index in [0.717, 1.165) is 18.5 Å². The summed E-state index contributed by atoms with van der Waals surface area (Å²) in [6.45, 7) is 4.16. The molecule has 0 spiro atoms. The minimum Gasteiger partial charge on any atom is -0.399 e. The molecule has 4 nitrogen and oxygen atoms in total. The number of carbonyl (C=O) groups excluding carboxylic acids is 1. The van der Waals surface area contributed by atoms with Crippen LogP contribution in [-0.2, 0) is 0 Å². The predicted octanol–water partition coefficient (Wildman–Crippen LogP) is 2.92. The first-order valence-corrected chi connectivity index (χ1v) is 5.97. The summed E-state index contributed by atoms with van der Waals surface area (Å²) in [6, 6.07) is 7.37. The fraction of sp³-hybridized carbons (Fsp3) is 0.462. The van der Waals surface area contributed by atoms with E-state index in [4.69, 9.17) is 5.73 Å². The van der Waals surface area contributed by atoms with E-state index in [2.05, 4.69) is 19.2 Å². The molecule has 0 aliphatic heterocycles. The second-order valence-electron chi connectivity index (χ2n) is 4.14. The van der Waals surface area contributed by atoms with Crippen LogP contribution in [0.5, 0.6) is 0 Å². The molecule has 1 aromatic rings. The number of nitrogens with one attached hydrogen (secondary N) is 1. The van der Waals surface area contributed by atoms with Crippen LogP contribution < -0.4 is 11.1 Å². The normalized spacial score (nSPS) is 10.4.